The molecule has 2 N–H and O–H groups in total. The number of halogens is 1. The summed E-state index contributed by atoms with van der Waals surface area (Å²) in [5.41, 5.74) is 2.71. The summed E-state index contributed by atoms with van der Waals surface area (Å²) in [4.78, 5) is 16.7. The molecule has 7 nitrogen and oxygen atoms in total. The van der Waals surface area contributed by atoms with Crippen molar-refractivity contribution >= 4 is 11.8 Å². The van der Waals surface area contributed by atoms with Crippen LogP contribution in [0.2, 0.25) is 0 Å². The van der Waals surface area contributed by atoms with Crippen LogP contribution in [0.5, 0.6) is 0 Å². The van der Waals surface area contributed by atoms with Crippen LogP contribution in [0.25, 0.3) is 22.6 Å². The van der Waals surface area contributed by atoms with Crippen LogP contribution in [0.15, 0.2) is 41.7 Å². The molecule has 0 unspecified atom stereocenters. The molecule has 1 fully saturated rings. The van der Waals surface area contributed by atoms with E-state index in [0.717, 1.165) is 5.56 Å². The molecule has 1 aliphatic rings. The maximum atomic E-state index is 13.4. The van der Waals surface area contributed by atoms with Crippen molar-refractivity contribution in [1.29, 1.82) is 0 Å². The number of imidazole rings is 1. The van der Waals surface area contributed by atoms with Crippen molar-refractivity contribution in [2.45, 2.75) is 11.4 Å². The molecule has 9 heteroatoms. The van der Waals surface area contributed by atoms with Gasteiger partial charge in [-0.25, -0.2) is 19.3 Å². The fraction of sp³-hybridized carbons (Fsp3) is 0.316. The van der Waals surface area contributed by atoms with E-state index in [1.807, 2.05) is 6.26 Å². The summed E-state index contributed by atoms with van der Waals surface area (Å²) in [7, 11) is 0. The Morgan fingerprint density at radius 2 is 1.93 bits per heavy atom. The number of aromatic nitrogens is 4. The number of aromatic amines is 1. The lowest BCUT2D eigenvalue weighted by atomic mass is 10.1. The van der Waals surface area contributed by atoms with E-state index >= 15 is 0 Å². The monoisotopic (exact) mass is 402 g/mol. The number of rotatable bonds is 5. The molecule has 1 aliphatic heterocycles. The SMILES string of the molecule is CSc1nccc(-c2[nH]c(C3OCC(CO)CO3)nc2-c2ccc(F)cc2)n1. The fourth-order valence-corrected chi connectivity index (χ4v) is 3.25. The molecule has 28 heavy (non-hydrogen) atoms. The molecule has 0 aliphatic carbocycles. The molecule has 3 heterocycles. The van der Waals surface area contributed by atoms with Gasteiger partial charge in [0, 0.05) is 17.7 Å². The summed E-state index contributed by atoms with van der Waals surface area (Å²) in [6.45, 7) is 0.774. The van der Waals surface area contributed by atoms with E-state index < -0.39 is 6.29 Å². The number of ether oxygens (including phenoxy) is 2. The van der Waals surface area contributed by atoms with Crippen LogP contribution in [0.4, 0.5) is 4.39 Å². The number of hydrogen-bond donors (Lipinski definition) is 2. The quantitative estimate of drug-likeness (QED) is 0.500. The minimum atomic E-state index is -0.669. The smallest absolute Gasteiger partial charge is 0.217 e. The van der Waals surface area contributed by atoms with Gasteiger partial charge in [0.1, 0.15) is 5.82 Å². The molecular weight excluding hydrogens is 383 g/mol. The minimum absolute atomic E-state index is 0.00928. The van der Waals surface area contributed by atoms with Crippen molar-refractivity contribution in [2.75, 3.05) is 26.1 Å². The van der Waals surface area contributed by atoms with Crippen molar-refractivity contribution in [3.8, 4) is 22.6 Å². The van der Waals surface area contributed by atoms with Gasteiger partial charge in [-0.3, -0.25) is 0 Å². The average Bonchev–Trinajstić information content (AvgIpc) is 3.20. The number of nitrogens with one attached hydrogen (secondary N) is 1. The Morgan fingerprint density at radius 3 is 2.61 bits per heavy atom. The molecule has 0 amide bonds. The highest BCUT2D eigenvalue weighted by Gasteiger charge is 2.27. The molecule has 4 rings (SSSR count). The van der Waals surface area contributed by atoms with E-state index in [4.69, 9.17) is 9.47 Å². The Hall–Kier alpha value is -2.33. The van der Waals surface area contributed by atoms with Gasteiger partial charge in [-0.05, 0) is 36.6 Å². The van der Waals surface area contributed by atoms with Crippen molar-refractivity contribution in [3.05, 3.63) is 48.2 Å². The van der Waals surface area contributed by atoms with E-state index in [9.17, 15) is 9.50 Å². The average molecular weight is 402 g/mol. The number of benzene rings is 1. The molecule has 0 radical (unpaired) electrons. The molecule has 3 aromatic rings. The number of H-pyrrole nitrogens is 1. The Bertz CT molecular complexity index is 943. The van der Waals surface area contributed by atoms with E-state index in [1.54, 1.807) is 24.4 Å². The van der Waals surface area contributed by atoms with Crippen molar-refractivity contribution in [3.63, 3.8) is 0 Å². The normalized spacial score (nSPS) is 19.7. The largest absolute Gasteiger partial charge is 0.396 e. The number of thioether (sulfide) groups is 1. The minimum Gasteiger partial charge on any atom is -0.396 e. The van der Waals surface area contributed by atoms with Gasteiger partial charge in [0.25, 0.3) is 0 Å². The fourth-order valence-electron chi connectivity index (χ4n) is 2.89. The third kappa shape index (κ3) is 3.93. The number of aliphatic hydroxyl groups excluding tert-OH is 1. The van der Waals surface area contributed by atoms with Gasteiger partial charge in [0.15, 0.2) is 11.0 Å². The zero-order valence-corrected chi connectivity index (χ0v) is 15.9. The van der Waals surface area contributed by atoms with Gasteiger partial charge >= 0.3 is 0 Å². The van der Waals surface area contributed by atoms with E-state index in [1.165, 1.54) is 23.9 Å². The van der Waals surface area contributed by atoms with Crippen LogP contribution < -0.4 is 0 Å². The maximum absolute atomic E-state index is 13.4. The first-order valence-electron chi connectivity index (χ1n) is 8.75. The summed E-state index contributed by atoms with van der Waals surface area (Å²) >= 11 is 1.44. The molecule has 0 spiro atoms. The predicted molar refractivity (Wildman–Crippen MR) is 102 cm³/mol. The summed E-state index contributed by atoms with van der Waals surface area (Å²) in [6, 6.07) is 7.90. The van der Waals surface area contributed by atoms with Gasteiger partial charge in [-0.15, -0.1) is 0 Å². The second-order valence-electron chi connectivity index (χ2n) is 6.33. The van der Waals surface area contributed by atoms with Crippen LogP contribution >= 0.6 is 11.8 Å². The summed E-state index contributed by atoms with van der Waals surface area (Å²) in [5.74, 6) is 0.130. The second kappa shape index (κ2) is 8.36. The maximum Gasteiger partial charge on any atom is 0.217 e. The molecule has 146 valence electrons. The highest BCUT2D eigenvalue weighted by molar-refractivity contribution is 7.98. The van der Waals surface area contributed by atoms with Crippen molar-refractivity contribution in [1.82, 2.24) is 19.9 Å². The zero-order chi connectivity index (χ0) is 19.5. The lowest BCUT2D eigenvalue weighted by molar-refractivity contribution is -0.213. The van der Waals surface area contributed by atoms with Crippen LogP contribution in [0.3, 0.4) is 0 Å². The first-order valence-corrected chi connectivity index (χ1v) is 9.97. The standard InChI is InChI=1S/C19H19FN4O3S/c1-28-19-21-7-6-14(22-19)16-15(12-2-4-13(20)5-3-12)23-17(24-16)18-26-9-11(8-25)10-27-18/h2-7,11,18,25H,8-10H2,1H3,(H,23,24). The Balaban J connectivity index is 1.74. The Kier molecular flexibility index (Phi) is 5.67. The van der Waals surface area contributed by atoms with Crippen LogP contribution in [-0.4, -0.2) is 51.1 Å². The lowest BCUT2D eigenvalue weighted by Crippen LogP contribution is -2.29. The molecule has 1 saturated heterocycles. The summed E-state index contributed by atoms with van der Waals surface area (Å²) in [5, 5.41) is 9.87. The topological polar surface area (TPSA) is 93.2 Å². The molecule has 1 aromatic carbocycles. The third-order valence-corrected chi connectivity index (χ3v) is 4.92. The first-order chi connectivity index (χ1) is 13.7. The summed E-state index contributed by atoms with van der Waals surface area (Å²) in [6.07, 6.45) is 2.92. The van der Waals surface area contributed by atoms with Crippen LogP contribution in [0.1, 0.15) is 12.1 Å². The van der Waals surface area contributed by atoms with E-state index in [-0.39, 0.29) is 18.3 Å². The van der Waals surface area contributed by atoms with Gasteiger partial charge in [0.05, 0.1) is 36.9 Å². The number of aliphatic hydroxyl groups is 1. The molecule has 0 atom stereocenters. The van der Waals surface area contributed by atoms with Crippen LogP contribution in [-0.2, 0) is 9.47 Å². The molecule has 2 aromatic heterocycles. The van der Waals surface area contributed by atoms with E-state index in [0.29, 0.717) is 41.3 Å². The van der Waals surface area contributed by atoms with Gasteiger partial charge in [-0.2, -0.15) is 0 Å². The Morgan fingerprint density at radius 1 is 1.18 bits per heavy atom. The summed E-state index contributed by atoms with van der Waals surface area (Å²) < 4.78 is 24.8. The van der Waals surface area contributed by atoms with Crippen molar-refractivity contribution < 1.29 is 19.0 Å². The van der Waals surface area contributed by atoms with Gasteiger partial charge in [0.2, 0.25) is 6.29 Å². The predicted octanol–water partition coefficient (Wildman–Crippen LogP) is 3.05. The first kappa shape index (κ1) is 19.0. The third-order valence-electron chi connectivity index (χ3n) is 4.36. The highest BCUT2D eigenvalue weighted by atomic mass is 32.2. The molecule has 0 bridgehead atoms. The Labute approximate surface area is 165 Å². The molecule has 0 saturated carbocycles. The van der Waals surface area contributed by atoms with Gasteiger partial charge < -0.3 is 19.6 Å². The lowest BCUT2D eigenvalue weighted by Gasteiger charge is -2.26. The van der Waals surface area contributed by atoms with Crippen LogP contribution in [0, 0.1) is 11.7 Å². The zero-order valence-electron chi connectivity index (χ0n) is 15.1. The number of nitrogens with zero attached hydrogens (tertiary/aromatic N) is 3. The van der Waals surface area contributed by atoms with Crippen molar-refractivity contribution in [2.24, 2.45) is 5.92 Å². The van der Waals surface area contributed by atoms with E-state index in [2.05, 4.69) is 19.9 Å². The van der Waals surface area contributed by atoms with Gasteiger partial charge in [-0.1, -0.05) is 11.8 Å². The highest BCUT2D eigenvalue weighted by Crippen LogP contribution is 2.33. The molecular formula is C19H19FN4O3S. The number of hydrogen-bond acceptors (Lipinski definition) is 7. The second-order valence-corrected chi connectivity index (χ2v) is 7.10.